The van der Waals surface area contributed by atoms with Gasteiger partial charge in [0.05, 0.1) is 6.10 Å². The Morgan fingerprint density at radius 2 is 1.91 bits per heavy atom. The van der Waals surface area contributed by atoms with Gasteiger partial charge in [0.25, 0.3) is 0 Å². The monoisotopic (exact) mass is 178 g/mol. The maximum absolute atomic E-state index is 11.3. The zero-order chi connectivity index (χ0) is 8.32. The molecule has 0 aromatic heterocycles. The Labute approximate surface area is 67.6 Å². The molecule has 0 aromatic carbocycles. The molecule has 0 aromatic rings. The molecule has 66 valence electrons. The van der Waals surface area contributed by atoms with E-state index < -0.39 is 7.60 Å². The summed E-state index contributed by atoms with van der Waals surface area (Å²) in [6.07, 6.45) is 4.61. The molecular weight excluding hydrogens is 163 g/mol. The Kier molecular flexibility index (Phi) is 3.11. The van der Waals surface area contributed by atoms with Crippen molar-refractivity contribution >= 4 is 7.60 Å². The van der Waals surface area contributed by atoms with Gasteiger partial charge >= 0.3 is 7.60 Å². The summed E-state index contributed by atoms with van der Waals surface area (Å²) in [7, 11) is -1.30. The average molecular weight is 178 g/mol. The van der Waals surface area contributed by atoms with Crippen LogP contribution in [0.1, 0.15) is 25.7 Å². The molecule has 1 saturated carbocycles. The molecule has 0 spiro atoms. The van der Waals surface area contributed by atoms with E-state index in [1.807, 2.05) is 0 Å². The lowest BCUT2D eigenvalue weighted by Crippen LogP contribution is -2.05. The molecule has 4 heteroatoms. The van der Waals surface area contributed by atoms with Crippen LogP contribution in [0.25, 0.3) is 0 Å². The molecule has 0 radical (unpaired) electrons. The highest BCUT2D eigenvalue weighted by Crippen LogP contribution is 2.46. The molecule has 1 rings (SSSR count). The third-order valence-electron chi connectivity index (χ3n) is 1.97. The van der Waals surface area contributed by atoms with Gasteiger partial charge in [-0.3, -0.25) is 4.57 Å². The van der Waals surface area contributed by atoms with Gasteiger partial charge in [0.2, 0.25) is 0 Å². The Morgan fingerprint density at radius 1 is 1.36 bits per heavy atom. The second kappa shape index (κ2) is 3.70. The predicted molar refractivity (Wildman–Crippen MR) is 43.9 cm³/mol. The topological polar surface area (TPSA) is 35.5 Å². The van der Waals surface area contributed by atoms with Crippen molar-refractivity contribution in [3.63, 3.8) is 0 Å². The van der Waals surface area contributed by atoms with Crippen LogP contribution in [0.4, 0.5) is 0 Å². The van der Waals surface area contributed by atoms with Gasteiger partial charge in [0.1, 0.15) is 0 Å². The zero-order valence-corrected chi connectivity index (χ0v) is 7.97. The summed E-state index contributed by atoms with van der Waals surface area (Å²) in [4.78, 5) is 0. The standard InChI is InChI=1S/C7H15O3P/c1-9-11(2,8)10-7-5-3-4-6-7/h7H,3-6H2,1-2H3. The van der Waals surface area contributed by atoms with Crippen LogP contribution in [0.15, 0.2) is 0 Å². The number of hydrogen-bond acceptors (Lipinski definition) is 3. The van der Waals surface area contributed by atoms with E-state index in [1.165, 1.54) is 26.6 Å². The molecule has 1 aliphatic rings. The lowest BCUT2D eigenvalue weighted by Gasteiger charge is -2.16. The fraction of sp³-hybridized carbons (Fsp3) is 1.00. The summed E-state index contributed by atoms with van der Waals surface area (Å²) in [5.74, 6) is 0. The molecule has 3 nitrogen and oxygen atoms in total. The van der Waals surface area contributed by atoms with Crippen LogP contribution in [0.5, 0.6) is 0 Å². The van der Waals surface area contributed by atoms with Gasteiger partial charge in [-0.1, -0.05) is 12.8 Å². The minimum absolute atomic E-state index is 0.172. The number of rotatable bonds is 3. The molecular formula is C7H15O3P. The molecule has 0 aliphatic heterocycles. The third-order valence-corrected chi connectivity index (χ3v) is 3.32. The maximum Gasteiger partial charge on any atom is 0.327 e. The van der Waals surface area contributed by atoms with E-state index in [0.717, 1.165) is 12.8 Å². The van der Waals surface area contributed by atoms with Crippen LogP contribution in [0, 0.1) is 0 Å². The molecule has 0 heterocycles. The van der Waals surface area contributed by atoms with Gasteiger partial charge in [-0.2, -0.15) is 0 Å². The van der Waals surface area contributed by atoms with E-state index in [2.05, 4.69) is 0 Å². The van der Waals surface area contributed by atoms with Gasteiger partial charge in [0, 0.05) is 13.8 Å². The smallest absolute Gasteiger partial charge is 0.312 e. The van der Waals surface area contributed by atoms with E-state index >= 15 is 0 Å². The first kappa shape index (κ1) is 9.24. The summed E-state index contributed by atoms with van der Waals surface area (Å²) in [6, 6.07) is 0. The quantitative estimate of drug-likeness (QED) is 0.622. The summed E-state index contributed by atoms with van der Waals surface area (Å²) < 4.78 is 21.3. The molecule has 0 N–H and O–H groups in total. The van der Waals surface area contributed by atoms with E-state index in [4.69, 9.17) is 9.05 Å². The lowest BCUT2D eigenvalue weighted by molar-refractivity contribution is 0.169. The third kappa shape index (κ3) is 2.94. The molecule has 1 fully saturated rings. The molecule has 0 amide bonds. The number of hydrogen-bond donors (Lipinski definition) is 0. The average Bonchev–Trinajstić information content (AvgIpc) is 2.39. The van der Waals surface area contributed by atoms with Crippen molar-refractivity contribution in [2.45, 2.75) is 31.8 Å². The van der Waals surface area contributed by atoms with E-state index in [0.29, 0.717) is 0 Å². The Bertz CT molecular complexity index is 163. The van der Waals surface area contributed by atoms with Crippen molar-refractivity contribution < 1.29 is 13.6 Å². The van der Waals surface area contributed by atoms with Crippen molar-refractivity contribution in [2.24, 2.45) is 0 Å². The highest BCUT2D eigenvalue weighted by Gasteiger charge is 2.24. The van der Waals surface area contributed by atoms with Crippen molar-refractivity contribution in [3.05, 3.63) is 0 Å². The summed E-state index contributed by atoms with van der Waals surface area (Å²) in [5, 5.41) is 0. The van der Waals surface area contributed by atoms with Gasteiger partial charge < -0.3 is 9.05 Å². The molecule has 0 bridgehead atoms. The largest absolute Gasteiger partial charge is 0.327 e. The van der Waals surface area contributed by atoms with Crippen LogP contribution in [0.3, 0.4) is 0 Å². The normalized spacial score (nSPS) is 25.3. The second-order valence-electron chi connectivity index (χ2n) is 2.97. The summed E-state index contributed by atoms with van der Waals surface area (Å²) in [6.45, 7) is 1.52. The first-order chi connectivity index (χ1) is 5.14. The van der Waals surface area contributed by atoms with Crippen LogP contribution >= 0.6 is 7.60 Å². The van der Waals surface area contributed by atoms with Crippen LogP contribution < -0.4 is 0 Å². The first-order valence-corrected chi connectivity index (χ1v) is 5.95. The fourth-order valence-corrected chi connectivity index (χ4v) is 2.15. The van der Waals surface area contributed by atoms with E-state index in [1.54, 1.807) is 0 Å². The van der Waals surface area contributed by atoms with E-state index in [-0.39, 0.29) is 6.10 Å². The molecule has 11 heavy (non-hydrogen) atoms. The highest BCUT2D eigenvalue weighted by atomic mass is 31.2. The van der Waals surface area contributed by atoms with Crippen molar-refractivity contribution in [1.29, 1.82) is 0 Å². The Morgan fingerprint density at radius 3 is 2.36 bits per heavy atom. The highest BCUT2D eigenvalue weighted by molar-refractivity contribution is 7.52. The molecule has 1 aliphatic carbocycles. The SMILES string of the molecule is COP(C)(=O)OC1CCCC1. The summed E-state index contributed by atoms with van der Waals surface area (Å²) in [5.41, 5.74) is 0. The maximum atomic E-state index is 11.3. The molecule has 1 atom stereocenters. The predicted octanol–water partition coefficient (Wildman–Crippen LogP) is 2.41. The minimum atomic E-state index is -2.72. The minimum Gasteiger partial charge on any atom is -0.312 e. The second-order valence-corrected chi connectivity index (χ2v) is 5.08. The van der Waals surface area contributed by atoms with Crippen LogP contribution in [-0.2, 0) is 13.6 Å². The lowest BCUT2D eigenvalue weighted by atomic mass is 10.3. The van der Waals surface area contributed by atoms with Gasteiger partial charge in [-0.05, 0) is 12.8 Å². The van der Waals surface area contributed by atoms with Gasteiger partial charge in [-0.15, -0.1) is 0 Å². The zero-order valence-electron chi connectivity index (χ0n) is 7.08. The van der Waals surface area contributed by atoms with Gasteiger partial charge in [0.15, 0.2) is 0 Å². The van der Waals surface area contributed by atoms with Crippen LogP contribution in [0.2, 0.25) is 0 Å². The molecule has 0 saturated heterocycles. The van der Waals surface area contributed by atoms with Crippen molar-refractivity contribution in [2.75, 3.05) is 13.8 Å². The first-order valence-electron chi connectivity index (χ1n) is 3.96. The van der Waals surface area contributed by atoms with Crippen LogP contribution in [-0.4, -0.2) is 19.9 Å². The molecule has 1 unspecified atom stereocenters. The van der Waals surface area contributed by atoms with Gasteiger partial charge in [-0.25, -0.2) is 0 Å². The Hall–Kier alpha value is 0.150. The van der Waals surface area contributed by atoms with Crippen molar-refractivity contribution in [3.8, 4) is 0 Å². The van der Waals surface area contributed by atoms with Crippen molar-refractivity contribution in [1.82, 2.24) is 0 Å². The fourth-order valence-electron chi connectivity index (χ4n) is 1.31. The Balaban J connectivity index is 2.34. The van der Waals surface area contributed by atoms with E-state index in [9.17, 15) is 4.57 Å². The summed E-state index contributed by atoms with van der Waals surface area (Å²) >= 11 is 0.